The van der Waals surface area contributed by atoms with Crippen LogP contribution in [-0.2, 0) is 0 Å². The standard InChI is InChI=1S/C9H13ClN2/c10-4-2-6-12-5-1-3-9(7-11)8-12/h2,4,9H,1,3,5-6,8H2. The van der Waals surface area contributed by atoms with Crippen LogP contribution in [0.1, 0.15) is 12.8 Å². The molecule has 0 spiro atoms. The molecule has 0 aromatic carbocycles. The van der Waals surface area contributed by atoms with Crippen molar-refractivity contribution in [2.75, 3.05) is 19.6 Å². The summed E-state index contributed by atoms with van der Waals surface area (Å²) in [6.07, 6.45) is 4.10. The Bertz CT molecular complexity index is 195. The highest BCUT2D eigenvalue weighted by Gasteiger charge is 2.17. The number of nitriles is 1. The summed E-state index contributed by atoms with van der Waals surface area (Å²) in [5.74, 6) is 0.225. The molecule has 0 N–H and O–H groups in total. The van der Waals surface area contributed by atoms with Crippen LogP contribution in [0.2, 0.25) is 0 Å². The van der Waals surface area contributed by atoms with Gasteiger partial charge in [-0.3, -0.25) is 4.90 Å². The van der Waals surface area contributed by atoms with E-state index in [0.29, 0.717) is 0 Å². The molecule has 0 radical (unpaired) electrons. The van der Waals surface area contributed by atoms with Crippen LogP contribution in [0.15, 0.2) is 11.6 Å². The monoisotopic (exact) mass is 184 g/mol. The van der Waals surface area contributed by atoms with E-state index in [4.69, 9.17) is 16.9 Å². The van der Waals surface area contributed by atoms with Gasteiger partial charge in [0.05, 0.1) is 12.0 Å². The Balaban J connectivity index is 2.31. The Hall–Kier alpha value is -0.520. The van der Waals surface area contributed by atoms with Crippen molar-refractivity contribution in [3.05, 3.63) is 11.6 Å². The topological polar surface area (TPSA) is 27.0 Å². The highest BCUT2D eigenvalue weighted by Crippen LogP contribution is 2.14. The van der Waals surface area contributed by atoms with Gasteiger partial charge < -0.3 is 0 Å². The van der Waals surface area contributed by atoms with Gasteiger partial charge in [0.1, 0.15) is 0 Å². The molecule has 1 aliphatic heterocycles. The van der Waals surface area contributed by atoms with Crippen molar-refractivity contribution in [3.8, 4) is 6.07 Å². The maximum atomic E-state index is 8.71. The molecule has 1 atom stereocenters. The van der Waals surface area contributed by atoms with Crippen molar-refractivity contribution < 1.29 is 0 Å². The highest BCUT2D eigenvalue weighted by atomic mass is 35.5. The van der Waals surface area contributed by atoms with Crippen LogP contribution < -0.4 is 0 Å². The van der Waals surface area contributed by atoms with Gasteiger partial charge in [0.15, 0.2) is 0 Å². The lowest BCUT2D eigenvalue weighted by atomic mass is 10.00. The van der Waals surface area contributed by atoms with Crippen molar-refractivity contribution >= 4 is 11.6 Å². The first-order valence-corrected chi connectivity index (χ1v) is 4.67. The van der Waals surface area contributed by atoms with Gasteiger partial charge in [-0.15, -0.1) is 0 Å². The maximum absolute atomic E-state index is 8.71. The molecular formula is C9H13ClN2. The van der Waals surface area contributed by atoms with Crippen LogP contribution in [0.5, 0.6) is 0 Å². The van der Waals surface area contributed by atoms with E-state index in [1.54, 1.807) is 0 Å². The third-order valence-electron chi connectivity index (χ3n) is 2.14. The quantitative estimate of drug-likeness (QED) is 0.656. The SMILES string of the molecule is N#CC1CCCN(CC=CCl)C1. The van der Waals surface area contributed by atoms with Crippen LogP contribution in [-0.4, -0.2) is 24.5 Å². The minimum atomic E-state index is 0.225. The minimum absolute atomic E-state index is 0.225. The summed E-state index contributed by atoms with van der Waals surface area (Å²) in [4.78, 5) is 2.26. The molecule has 0 aliphatic carbocycles. The normalized spacial score (nSPS) is 25.8. The van der Waals surface area contributed by atoms with Crippen molar-refractivity contribution in [3.63, 3.8) is 0 Å². The van der Waals surface area contributed by atoms with Gasteiger partial charge in [-0.25, -0.2) is 0 Å². The molecule has 0 saturated carbocycles. The zero-order valence-corrected chi connectivity index (χ0v) is 7.80. The second-order valence-electron chi connectivity index (χ2n) is 3.09. The average molecular weight is 185 g/mol. The number of nitrogens with zero attached hydrogens (tertiary/aromatic N) is 2. The third kappa shape index (κ3) is 2.84. The summed E-state index contributed by atoms with van der Waals surface area (Å²) >= 11 is 5.42. The molecule has 3 heteroatoms. The largest absolute Gasteiger partial charge is 0.298 e. The summed E-state index contributed by atoms with van der Waals surface area (Å²) in [5, 5.41) is 8.71. The molecular weight excluding hydrogens is 172 g/mol. The molecule has 1 fully saturated rings. The Morgan fingerprint density at radius 1 is 1.67 bits per heavy atom. The van der Waals surface area contributed by atoms with E-state index >= 15 is 0 Å². The van der Waals surface area contributed by atoms with E-state index in [1.807, 2.05) is 6.08 Å². The van der Waals surface area contributed by atoms with Gasteiger partial charge in [-0.05, 0) is 19.4 Å². The summed E-state index contributed by atoms with van der Waals surface area (Å²) < 4.78 is 0. The first kappa shape index (κ1) is 9.57. The first-order chi connectivity index (χ1) is 5.86. The fourth-order valence-corrected chi connectivity index (χ4v) is 1.60. The number of likely N-dealkylation sites (tertiary alicyclic amines) is 1. The fraction of sp³-hybridized carbons (Fsp3) is 0.667. The van der Waals surface area contributed by atoms with Crippen molar-refractivity contribution in [2.24, 2.45) is 5.92 Å². The molecule has 0 aromatic rings. The molecule has 1 rings (SSSR count). The van der Waals surface area contributed by atoms with Crippen LogP contribution in [0.4, 0.5) is 0 Å². The molecule has 0 bridgehead atoms. The second kappa shape index (κ2) is 5.18. The number of halogens is 1. The third-order valence-corrected chi connectivity index (χ3v) is 2.32. The molecule has 1 saturated heterocycles. The van der Waals surface area contributed by atoms with Gasteiger partial charge in [-0.2, -0.15) is 5.26 Å². The van der Waals surface area contributed by atoms with Gasteiger partial charge >= 0.3 is 0 Å². The predicted octanol–water partition coefficient (Wildman–Crippen LogP) is 1.97. The van der Waals surface area contributed by atoms with Crippen LogP contribution >= 0.6 is 11.6 Å². The zero-order valence-electron chi connectivity index (χ0n) is 7.04. The lowest BCUT2D eigenvalue weighted by molar-refractivity contribution is 0.219. The molecule has 66 valence electrons. The number of piperidine rings is 1. The predicted molar refractivity (Wildman–Crippen MR) is 49.8 cm³/mol. The minimum Gasteiger partial charge on any atom is -0.298 e. The summed E-state index contributed by atoms with van der Waals surface area (Å²) in [5.41, 5.74) is 1.54. The van der Waals surface area contributed by atoms with Crippen LogP contribution in [0.25, 0.3) is 0 Å². The van der Waals surface area contributed by atoms with E-state index in [1.165, 1.54) is 5.54 Å². The van der Waals surface area contributed by atoms with Crippen LogP contribution in [0, 0.1) is 17.2 Å². The maximum Gasteiger partial charge on any atom is 0.0669 e. The summed E-state index contributed by atoms with van der Waals surface area (Å²) in [6.45, 7) is 2.87. The van der Waals surface area contributed by atoms with Gasteiger partial charge in [-0.1, -0.05) is 17.7 Å². The summed E-state index contributed by atoms with van der Waals surface area (Å²) in [7, 11) is 0. The van der Waals surface area contributed by atoms with E-state index in [-0.39, 0.29) is 5.92 Å². The smallest absolute Gasteiger partial charge is 0.0669 e. The Morgan fingerprint density at radius 2 is 2.50 bits per heavy atom. The molecule has 1 unspecified atom stereocenters. The fourth-order valence-electron chi connectivity index (χ4n) is 1.52. The lowest BCUT2D eigenvalue weighted by Crippen LogP contribution is -2.34. The average Bonchev–Trinajstić information content (AvgIpc) is 2.15. The van der Waals surface area contributed by atoms with Crippen molar-refractivity contribution in [1.82, 2.24) is 4.90 Å². The Labute approximate surface area is 78.4 Å². The van der Waals surface area contributed by atoms with Crippen molar-refractivity contribution in [1.29, 1.82) is 5.26 Å². The molecule has 1 heterocycles. The molecule has 0 aromatic heterocycles. The van der Waals surface area contributed by atoms with Gasteiger partial charge in [0, 0.05) is 18.6 Å². The zero-order chi connectivity index (χ0) is 8.81. The van der Waals surface area contributed by atoms with Gasteiger partial charge in [0.2, 0.25) is 0 Å². The van der Waals surface area contributed by atoms with E-state index < -0.39 is 0 Å². The number of hydrogen-bond donors (Lipinski definition) is 0. The van der Waals surface area contributed by atoms with E-state index in [2.05, 4.69) is 11.0 Å². The van der Waals surface area contributed by atoms with E-state index in [9.17, 15) is 0 Å². The van der Waals surface area contributed by atoms with E-state index in [0.717, 1.165) is 32.5 Å². The number of rotatable bonds is 2. The van der Waals surface area contributed by atoms with Crippen molar-refractivity contribution in [2.45, 2.75) is 12.8 Å². The van der Waals surface area contributed by atoms with Crippen LogP contribution in [0.3, 0.4) is 0 Å². The highest BCUT2D eigenvalue weighted by molar-refractivity contribution is 6.25. The Morgan fingerprint density at radius 3 is 3.17 bits per heavy atom. The molecule has 2 nitrogen and oxygen atoms in total. The molecule has 1 aliphatic rings. The number of hydrogen-bond acceptors (Lipinski definition) is 2. The Kier molecular flexibility index (Phi) is 4.13. The molecule has 12 heavy (non-hydrogen) atoms. The lowest BCUT2D eigenvalue weighted by Gasteiger charge is -2.28. The summed E-state index contributed by atoms with van der Waals surface area (Å²) in [6, 6.07) is 2.31. The first-order valence-electron chi connectivity index (χ1n) is 4.24. The van der Waals surface area contributed by atoms with Gasteiger partial charge in [0.25, 0.3) is 0 Å². The molecule has 0 amide bonds. The second-order valence-corrected chi connectivity index (χ2v) is 3.34.